The molecule has 136 valence electrons. The van der Waals surface area contributed by atoms with Gasteiger partial charge in [-0.3, -0.25) is 4.90 Å². The first-order valence-electron chi connectivity index (χ1n) is 9.35. The molecular weight excluding hydrogens is 322 g/mol. The number of anilines is 1. The number of hydrogen-bond acceptors (Lipinski definition) is 3. The second-order valence-corrected chi connectivity index (χ2v) is 7.35. The van der Waals surface area contributed by atoms with E-state index >= 15 is 0 Å². The van der Waals surface area contributed by atoms with Gasteiger partial charge >= 0.3 is 0 Å². The van der Waals surface area contributed by atoms with E-state index in [9.17, 15) is 0 Å². The fourth-order valence-electron chi connectivity index (χ4n) is 4.14. The molecule has 1 aliphatic heterocycles. The summed E-state index contributed by atoms with van der Waals surface area (Å²) in [5, 5.41) is 1.19. The molecule has 1 N–H and O–H groups in total. The number of H-pyrrole nitrogens is 1. The zero-order valence-electron chi connectivity index (χ0n) is 15.8. The lowest BCUT2D eigenvalue weighted by atomic mass is 10.0. The summed E-state index contributed by atoms with van der Waals surface area (Å²) in [6.07, 6.45) is 1.98. The normalized spacial score (nSPS) is 21.3. The smallest absolute Gasteiger partial charge is 0.142 e. The van der Waals surface area contributed by atoms with Crippen molar-refractivity contribution in [3.8, 4) is 5.75 Å². The van der Waals surface area contributed by atoms with E-state index in [2.05, 4.69) is 77.2 Å². The largest absolute Gasteiger partial charge is 0.495 e. The number of fused-ring (bicyclic) bond motifs is 1. The van der Waals surface area contributed by atoms with Crippen molar-refractivity contribution >= 4 is 16.6 Å². The SMILES string of the molecule is COc1cc2cc[nH]c2cc1N1C[C@@H](C)N(Cc2ccccc2)[C@@H](C)C1. The molecular formula is C22H27N3O. The molecule has 26 heavy (non-hydrogen) atoms. The van der Waals surface area contributed by atoms with Gasteiger partial charge < -0.3 is 14.6 Å². The second kappa shape index (κ2) is 7.04. The molecule has 0 unspecified atom stereocenters. The van der Waals surface area contributed by atoms with Crippen LogP contribution in [0.5, 0.6) is 5.75 Å². The summed E-state index contributed by atoms with van der Waals surface area (Å²) in [7, 11) is 1.76. The minimum absolute atomic E-state index is 0.475. The first-order valence-corrected chi connectivity index (χ1v) is 9.35. The Hall–Kier alpha value is -2.46. The first-order chi connectivity index (χ1) is 12.7. The number of rotatable bonds is 4. The number of methoxy groups -OCH3 is 1. The van der Waals surface area contributed by atoms with Crippen molar-refractivity contribution in [3.05, 3.63) is 60.3 Å². The maximum atomic E-state index is 5.70. The molecule has 3 aromatic rings. The Labute approximate surface area is 155 Å². The Bertz CT molecular complexity index is 861. The van der Waals surface area contributed by atoms with Crippen molar-refractivity contribution < 1.29 is 4.74 Å². The fourth-order valence-corrected chi connectivity index (χ4v) is 4.14. The van der Waals surface area contributed by atoms with Gasteiger partial charge in [-0.25, -0.2) is 0 Å². The molecule has 0 spiro atoms. The number of hydrogen-bond donors (Lipinski definition) is 1. The van der Waals surface area contributed by atoms with Gasteiger partial charge in [-0.2, -0.15) is 0 Å². The maximum absolute atomic E-state index is 5.70. The Kier molecular flexibility index (Phi) is 4.60. The lowest BCUT2D eigenvalue weighted by molar-refractivity contribution is 0.123. The number of nitrogens with one attached hydrogen (secondary N) is 1. The Morgan fingerprint density at radius 3 is 2.46 bits per heavy atom. The highest BCUT2D eigenvalue weighted by Crippen LogP contribution is 2.35. The molecule has 0 aliphatic carbocycles. The quantitative estimate of drug-likeness (QED) is 0.763. The molecule has 0 amide bonds. The van der Waals surface area contributed by atoms with Crippen molar-refractivity contribution in [1.29, 1.82) is 0 Å². The summed E-state index contributed by atoms with van der Waals surface area (Å²) < 4.78 is 5.70. The molecule has 0 bridgehead atoms. The average molecular weight is 349 g/mol. The zero-order valence-corrected chi connectivity index (χ0v) is 15.8. The summed E-state index contributed by atoms with van der Waals surface area (Å²) in [5.74, 6) is 0.952. The fraction of sp³-hybridized carbons (Fsp3) is 0.364. The van der Waals surface area contributed by atoms with Crippen LogP contribution in [0.25, 0.3) is 10.9 Å². The van der Waals surface area contributed by atoms with Crippen molar-refractivity contribution in [3.63, 3.8) is 0 Å². The molecule has 2 heterocycles. The van der Waals surface area contributed by atoms with E-state index in [1.165, 1.54) is 16.6 Å². The molecule has 4 rings (SSSR count). The van der Waals surface area contributed by atoms with E-state index in [1.807, 2.05) is 6.20 Å². The molecule has 4 heteroatoms. The lowest BCUT2D eigenvalue weighted by Crippen LogP contribution is -2.56. The lowest BCUT2D eigenvalue weighted by Gasteiger charge is -2.45. The van der Waals surface area contributed by atoms with Crippen LogP contribution in [-0.2, 0) is 6.54 Å². The van der Waals surface area contributed by atoms with Crippen LogP contribution in [0.3, 0.4) is 0 Å². The van der Waals surface area contributed by atoms with Crippen molar-refractivity contribution in [2.24, 2.45) is 0 Å². The van der Waals surface area contributed by atoms with Gasteiger partial charge in [0.25, 0.3) is 0 Å². The van der Waals surface area contributed by atoms with Gasteiger partial charge in [0.1, 0.15) is 5.75 Å². The van der Waals surface area contributed by atoms with Gasteiger partial charge in [-0.15, -0.1) is 0 Å². The number of aromatic amines is 1. The predicted octanol–water partition coefficient (Wildman–Crippen LogP) is 4.28. The second-order valence-electron chi connectivity index (χ2n) is 7.35. The molecule has 1 saturated heterocycles. The topological polar surface area (TPSA) is 31.5 Å². The Balaban J connectivity index is 1.57. The van der Waals surface area contributed by atoms with E-state index in [1.54, 1.807) is 7.11 Å². The molecule has 4 nitrogen and oxygen atoms in total. The van der Waals surface area contributed by atoms with Crippen LogP contribution < -0.4 is 9.64 Å². The molecule has 1 aromatic heterocycles. The van der Waals surface area contributed by atoms with Crippen molar-refractivity contribution in [2.45, 2.75) is 32.5 Å². The summed E-state index contributed by atoms with van der Waals surface area (Å²) in [6.45, 7) is 7.65. The molecule has 0 saturated carbocycles. The minimum atomic E-state index is 0.475. The zero-order chi connectivity index (χ0) is 18.1. The van der Waals surface area contributed by atoms with Gasteiger partial charge in [-0.1, -0.05) is 30.3 Å². The van der Waals surface area contributed by atoms with Crippen LogP contribution in [0, 0.1) is 0 Å². The summed E-state index contributed by atoms with van der Waals surface area (Å²) >= 11 is 0. The van der Waals surface area contributed by atoms with Gasteiger partial charge in [0.05, 0.1) is 12.8 Å². The van der Waals surface area contributed by atoms with E-state index in [0.717, 1.165) is 30.9 Å². The van der Waals surface area contributed by atoms with E-state index in [4.69, 9.17) is 4.74 Å². The van der Waals surface area contributed by atoms with E-state index in [-0.39, 0.29) is 0 Å². The molecule has 2 atom stereocenters. The third kappa shape index (κ3) is 3.17. The number of ether oxygens (including phenoxy) is 1. The summed E-state index contributed by atoms with van der Waals surface area (Å²) in [4.78, 5) is 8.39. The number of benzene rings is 2. The maximum Gasteiger partial charge on any atom is 0.142 e. The Morgan fingerprint density at radius 1 is 1.04 bits per heavy atom. The summed E-state index contributed by atoms with van der Waals surface area (Å²) in [5.41, 5.74) is 3.72. The van der Waals surface area contributed by atoms with Crippen LogP contribution in [-0.4, -0.2) is 42.2 Å². The van der Waals surface area contributed by atoms with Crippen molar-refractivity contribution in [2.75, 3.05) is 25.1 Å². The minimum Gasteiger partial charge on any atom is -0.495 e. The predicted molar refractivity (Wildman–Crippen MR) is 108 cm³/mol. The van der Waals surface area contributed by atoms with Crippen LogP contribution in [0.4, 0.5) is 5.69 Å². The molecule has 2 aromatic carbocycles. The van der Waals surface area contributed by atoms with E-state index in [0.29, 0.717) is 12.1 Å². The summed E-state index contributed by atoms with van der Waals surface area (Å²) in [6, 6.07) is 18.2. The van der Waals surface area contributed by atoms with Crippen LogP contribution in [0.15, 0.2) is 54.7 Å². The third-order valence-corrected chi connectivity index (χ3v) is 5.50. The highest BCUT2D eigenvalue weighted by molar-refractivity contribution is 5.86. The van der Waals surface area contributed by atoms with Crippen molar-refractivity contribution in [1.82, 2.24) is 9.88 Å². The van der Waals surface area contributed by atoms with Gasteiger partial charge in [0, 0.05) is 48.8 Å². The van der Waals surface area contributed by atoms with Crippen LogP contribution >= 0.6 is 0 Å². The van der Waals surface area contributed by atoms with Gasteiger partial charge in [0.2, 0.25) is 0 Å². The third-order valence-electron chi connectivity index (χ3n) is 5.50. The number of aromatic nitrogens is 1. The molecule has 1 fully saturated rings. The van der Waals surface area contributed by atoms with E-state index < -0.39 is 0 Å². The monoisotopic (exact) mass is 349 g/mol. The molecule has 1 aliphatic rings. The van der Waals surface area contributed by atoms with Gasteiger partial charge in [-0.05, 0) is 37.6 Å². The highest BCUT2D eigenvalue weighted by atomic mass is 16.5. The van der Waals surface area contributed by atoms with Gasteiger partial charge in [0.15, 0.2) is 0 Å². The van der Waals surface area contributed by atoms with Crippen LogP contribution in [0.2, 0.25) is 0 Å². The molecule has 0 radical (unpaired) electrons. The number of piperazine rings is 1. The average Bonchev–Trinajstić information content (AvgIpc) is 3.11. The Morgan fingerprint density at radius 2 is 1.77 bits per heavy atom. The van der Waals surface area contributed by atoms with Crippen LogP contribution in [0.1, 0.15) is 19.4 Å². The standard InChI is InChI=1S/C22H27N3O/c1-16-13-24(14-17(2)25(16)15-18-7-5-4-6-8-18)21-12-20-19(9-10-23-20)11-22(21)26-3/h4-12,16-17,23H,13-15H2,1-3H3/t16-,17+. The first kappa shape index (κ1) is 17.0. The number of nitrogens with zero attached hydrogens (tertiary/aromatic N) is 2. The highest BCUT2D eigenvalue weighted by Gasteiger charge is 2.30.